The van der Waals surface area contributed by atoms with Gasteiger partial charge < -0.3 is 0 Å². The van der Waals surface area contributed by atoms with Gasteiger partial charge in [0.25, 0.3) is 0 Å². The van der Waals surface area contributed by atoms with E-state index in [4.69, 9.17) is 16.9 Å². The zero-order valence-corrected chi connectivity index (χ0v) is 18.5. The molecular formula is C18H19ClINO2S2. The first-order valence-electron chi connectivity index (χ1n) is 7.12. The Morgan fingerprint density at radius 1 is 0.960 bits per heavy atom. The van der Waals surface area contributed by atoms with Crippen molar-refractivity contribution in [1.29, 1.82) is 5.26 Å². The third kappa shape index (κ3) is 15.0. The molecule has 0 saturated heterocycles. The minimum absolute atomic E-state index is 0.185. The first kappa shape index (κ1) is 26.2. The fraction of sp³-hybridized carbons (Fsp3) is 0.167. The average Bonchev–Trinajstić information content (AvgIpc) is 2.65. The highest BCUT2D eigenvalue weighted by Gasteiger charge is 1.97. The van der Waals surface area contributed by atoms with Gasteiger partial charge in [-0.1, -0.05) is 78.4 Å². The van der Waals surface area contributed by atoms with Crippen LogP contribution in [0.1, 0.15) is 34.6 Å². The highest BCUT2D eigenvalue weighted by Crippen LogP contribution is 2.10. The van der Waals surface area contributed by atoms with E-state index < -0.39 is 0 Å². The van der Waals surface area contributed by atoms with E-state index in [1.54, 1.807) is 36.4 Å². The van der Waals surface area contributed by atoms with Crippen LogP contribution in [-0.2, 0) is 0 Å². The van der Waals surface area contributed by atoms with Crippen molar-refractivity contribution in [2.45, 2.75) is 13.8 Å². The third-order valence-corrected chi connectivity index (χ3v) is 3.28. The zero-order chi connectivity index (χ0) is 19.7. The number of carbonyl (C=O) groups excluding carboxylic acids is 2. The summed E-state index contributed by atoms with van der Waals surface area (Å²) in [7, 11) is 0. The molecule has 2 rings (SSSR count). The van der Waals surface area contributed by atoms with Crippen LogP contribution in [0.25, 0.3) is 0 Å². The summed E-state index contributed by atoms with van der Waals surface area (Å²) in [5.41, 5.74) is 1.20. The number of alkyl halides is 1. The van der Waals surface area contributed by atoms with Crippen molar-refractivity contribution in [2.75, 3.05) is 4.43 Å². The summed E-state index contributed by atoms with van der Waals surface area (Å²) in [5.74, 6) is 0. The highest BCUT2D eigenvalue weighted by atomic mass is 127. The van der Waals surface area contributed by atoms with Crippen LogP contribution in [0.15, 0.2) is 54.6 Å². The third-order valence-electron chi connectivity index (χ3n) is 2.17. The van der Waals surface area contributed by atoms with E-state index >= 15 is 0 Å². The summed E-state index contributed by atoms with van der Waals surface area (Å²) in [6.45, 7) is 4.00. The van der Waals surface area contributed by atoms with Crippen molar-refractivity contribution < 1.29 is 9.59 Å². The van der Waals surface area contributed by atoms with Gasteiger partial charge >= 0.3 is 0 Å². The van der Waals surface area contributed by atoms with Gasteiger partial charge in [-0.25, -0.2) is 0 Å². The molecule has 0 atom stereocenters. The lowest BCUT2D eigenvalue weighted by Crippen LogP contribution is -1.85. The van der Waals surface area contributed by atoms with Gasteiger partial charge in [-0.05, 0) is 24.3 Å². The summed E-state index contributed by atoms with van der Waals surface area (Å²) < 4.78 is 0.595. The zero-order valence-electron chi connectivity index (χ0n) is 13.8. The van der Waals surface area contributed by atoms with Gasteiger partial charge in [0.05, 0.1) is 10.5 Å². The fourth-order valence-electron chi connectivity index (χ4n) is 1.17. The van der Waals surface area contributed by atoms with Crippen LogP contribution in [0.3, 0.4) is 0 Å². The number of hydrogen-bond acceptors (Lipinski definition) is 3. The SMILES string of the molecule is CC.N#CCI.O=C(S)c1ccc(Cl)cc1.O=C(S)c1ccccc1. The minimum atomic E-state index is -0.239. The second-order valence-electron chi connectivity index (χ2n) is 3.77. The molecule has 0 aliphatic heterocycles. The van der Waals surface area contributed by atoms with E-state index in [1.165, 1.54) is 0 Å². The highest BCUT2D eigenvalue weighted by molar-refractivity contribution is 14.1. The molecule has 2 aromatic carbocycles. The Bertz CT molecular complexity index is 659. The van der Waals surface area contributed by atoms with Crippen molar-refractivity contribution >= 4 is 69.7 Å². The Kier molecular flexibility index (Phi) is 18.7. The monoisotopic (exact) mass is 507 g/mol. The molecular weight excluding hydrogens is 489 g/mol. The minimum Gasteiger partial charge on any atom is -0.282 e. The number of rotatable bonds is 2. The maximum absolute atomic E-state index is 10.6. The summed E-state index contributed by atoms with van der Waals surface area (Å²) in [4.78, 5) is 21.1. The molecule has 0 spiro atoms. The van der Waals surface area contributed by atoms with Gasteiger partial charge in [0.2, 0.25) is 10.2 Å². The molecule has 2 aromatic rings. The maximum atomic E-state index is 10.6. The molecule has 134 valence electrons. The van der Waals surface area contributed by atoms with E-state index in [9.17, 15) is 9.59 Å². The molecule has 0 heterocycles. The summed E-state index contributed by atoms with van der Waals surface area (Å²) in [6.07, 6.45) is 0. The second-order valence-corrected chi connectivity index (χ2v) is 5.79. The molecule has 25 heavy (non-hydrogen) atoms. The molecule has 0 amide bonds. The molecule has 0 aliphatic rings. The van der Waals surface area contributed by atoms with Gasteiger partial charge in [0.15, 0.2) is 0 Å². The van der Waals surface area contributed by atoms with E-state index in [0.717, 1.165) is 0 Å². The Morgan fingerprint density at radius 3 is 1.60 bits per heavy atom. The van der Waals surface area contributed by atoms with Gasteiger partial charge in [-0.2, -0.15) is 5.26 Å². The van der Waals surface area contributed by atoms with Gasteiger partial charge in [0.1, 0.15) is 0 Å². The molecule has 0 radical (unpaired) electrons. The Morgan fingerprint density at radius 2 is 1.32 bits per heavy atom. The predicted octanol–water partition coefficient (Wildman–Crippen LogP) is 6.14. The van der Waals surface area contributed by atoms with Crippen molar-refractivity contribution in [3.8, 4) is 6.07 Å². The van der Waals surface area contributed by atoms with Crippen molar-refractivity contribution in [3.05, 3.63) is 70.7 Å². The van der Waals surface area contributed by atoms with Crippen molar-refractivity contribution in [1.82, 2.24) is 0 Å². The Hall–Kier alpha value is -1.01. The molecule has 3 nitrogen and oxygen atoms in total. The number of nitriles is 1. The van der Waals surface area contributed by atoms with Crippen molar-refractivity contribution in [2.24, 2.45) is 0 Å². The maximum Gasteiger partial charge on any atom is 0.216 e. The van der Waals surface area contributed by atoms with Crippen LogP contribution in [0.5, 0.6) is 0 Å². The number of benzene rings is 2. The standard InChI is InChI=1S/C7H5ClOS.C7H6OS.C2H2IN.C2H6/c8-6-3-1-5(2-4-6)7(9)10;8-7(9)6-4-2-1-3-5-6;3-1-2-4;1-2/h1-4H,(H,9,10);1-5H,(H,8,9);1H2;1-2H3. The number of thiol groups is 2. The normalized spacial score (nSPS) is 8.04. The summed E-state index contributed by atoms with van der Waals surface area (Å²) >= 11 is 14.9. The van der Waals surface area contributed by atoms with Crippen LogP contribution in [0.2, 0.25) is 5.02 Å². The number of halogens is 2. The summed E-state index contributed by atoms with van der Waals surface area (Å²) in [6, 6.07) is 17.4. The molecule has 0 aromatic heterocycles. The second kappa shape index (κ2) is 17.8. The fourth-order valence-corrected chi connectivity index (χ4v) is 1.60. The lowest BCUT2D eigenvalue weighted by atomic mass is 10.2. The van der Waals surface area contributed by atoms with Crippen LogP contribution >= 0.6 is 59.4 Å². The molecule has 0 saturated carbocycles. The van der Waals surface area contributed by atoms with E-state index in [2.05, 4.69) is 25.3 Å². The molecule has 0 fully saturated rings. The molecule has 0 aliphatic carbocycles. The van der Waals surface area contributed by atoms with Crippen LogP contribution in [0, 0.1) is 11.3 Å². The lowest BCUT2D eigenvalue weighted by molar-refractivity contribution is 0.108. The van der Waals surface area contributed by atoms with E-state index in [-0.39, 0.29) is 10.2 Å². The molecule has 0 bridgehead atoms. The predicted molar refractivity (Wildman–Crippen MR) is 120 cm³/mol. The van der Waals surface area contributed by atoms with Crippen LogP contribution < -0.4 is 0 Å². The quantitative estimate of drug-likeness (QED) is 0.292. The average molecular weight is 508 g/mol. The van der Waals surface area contributed by atoms with E-state index in [1.807, 2.05) is 60.7 Å². The number of carbonyl (C=O) groups is 2. The first-order valence-corrected chi connectivity index (χ1v) is 9.92. The van der Waals surface area contributed by atoms with Gasteiger partial charge in [-0.3, -0.25) is 9.59 Å². The molecule has 0 unspecified atom stereocenters. The topological polar surface area (TPSA) is 57.9 Å². The Labute approximate surface area is 178 Å². The molecule has 0 N–H and O–H groups in total. The van der Waals surface area contributed by atoms with E-state index in [0.29, 0.717) is 20.6 Å². The first-order chi connectivity index (χ1) is 11.9. The largest absolute Gasteiger partial charge is 0.282 e. The molecule has 7 heteroatoms. The number of hydrogen-bond donors (Lipinski definition) is 2. The van der Waals surface area contributed by atoms with Crippen molar-refractivity contribution in [3.63, 3.8) is 0 Å². The summed E-state index contributed by atoms with van der Waals surface area (Å²) in [5, 5.41) is 7.82. The Balaban J connectivity index is 0. The lowest BCUT2D eigenvalue weighted by Gasteiger charge is -1.91. The van der Waals surface area contributed by atoms with Crippen LogP contribution in [-0.4, -0.2) is 14.7 Å². The van der Waals surface area contributed by atoms with Gasteiger partial charge in [0, 0.05) is 16.1 Å². The van der Waals surface area contributed by atoms with Gasteiger partial charge in [-0.15, -0.1) is 25.3 Å². The smallest absolute Gasteiger partial charge is 0.216 e. The van der Waals surface area contributed by atoms with Crippen LogP contribution in [0.4, 0.5) is 0 Å². The number of nitrogens with zero attached hydrogens (tertiary/aromatic N) is 1.